The van der Waals surface area contributed by atoms with Crippen molar-refractivity contribution in [3.05, 3.63) is 47.9 Å². The van der Waals surface area contributed by atoms with Crippen LogP contribution in [0.25, 0.3) is 22.3 Å². The smallest absolute Gasteiger partial charge is 0.242 e. The van der Waals surface area contributed by atoms with E-state index in [4.69, 9.17) is 0 Å². The van der Waals surface area contributed by atoms with Gasteiger partial charge in [-0.15, -0.1) is 0 Å². The molecule has 0 radical (unpaired) electrons. The molecular weight excluding hydrogens is 403 g/mol. The molecule has 0 bridgehead atoms. The standard InChI is InChI=1S/C22H23FN4O2S/c1-22(2,3)26-30(28,29)16-8-9-19(25-13-16)21-18(12-24)17-11-14(23)7-10-20(17)27(21)15-5-4-6-15/h7-11,13,15,26H,4-6H2,1-3H3. The number of nitrogens with zero attached hydrogens (tertiary/aromatic N) is 3. The lowest BCUT2D eigenvalue weighted by atomic mass is 9.92. The third-order valence-corrected chi connectivity index (χ3v) is 6.99. The van der Waals surface area contributed by atoms with Gasteiger partial charge in [0.05, 0.1) is 22.5 Å². The summed E-state index contributed by atoms with van der Waals surface area (Å²) in [5, 5.41) is 10.4. The number of aromatic nitrogens is 2. The molecule has 0 unspecified atom stereocenters. The number of benzene rings is 1. The summed E-state index contributed by atoms with van der Waals surface area (Å²) in [6.45, 7) is 5.30. The van der Waals surface area contributed by atoms with Crippen LogP contribution in [0.1, 0.15) is 51.6 Å². The molecule has 30 heavy (non-hydrogen) atoms. The molecule has 4 rings (SSSR count). The summed E-state index contributed by atoms with van der Waals surface area (Å²) in [4.78, 5) is 4.44. The molecule has 3 aromatic rings. The molecule has 0 atom stereocenters. The molecule has 1 aliphatic carbocycles. The first-order valence-electron chi connectivity index (χ1n) is 9.85. The van der Waals surface area contributed by atoms with E-state index in [1.54, 1.807) is 32.9 Å². The van der Waals surface area contributed by atoms with Crippen molar-refractivity contribution in [2.45, 2.75) is 56.5 Å². The number of nitriles is 1. The van der Waals surface area contributed by atoms with Crippen LogP contribution in [0.5, 0.6) is 0 Å². The highest BCUT2D eigenvalue weighted by molar-refractivity contribution is 7.89. The number of fused-ring (bicyclic) bond motifs is 1. The monoisotopic (exact) mass is 426 g/mol. The number of sulfonamides is 1. The quantitative estimate of drug-likeness (QED) is 0.665. The van der Waals surface area contributed by atoms with E-state index in [1.807, 2.05) is 0 Å². The summed E-state index contributed by atoms with van der Waals surface area (Å²) < 4.78 is 43.7. The molecule has 156 valence electrons. The van der Waals surface area contributed by atoms with Crippen LogP contribution in [-0.2, 0) is 10.0 Å². The Kier molecular flexibility index (Phi) is 4.91. The van der Waals surface area contributed by atoms with E-state index >= 15 is 0 Å². The fourth-order valence-corrected chi connectivity index (χ4v) is 5.18. The second-order valence-corrected chi connectivity index (χ2v) is 10.4. The van der Waals surface area contributed by atoms with Gasteiger partial charge in [-0.2, -0.15) is 5.26 Å². The average Bonchev–Trinajstić information content (AvgIpc) is 2.91. The SMILES string of the molecule is CC(C)(C)NS(=O)(=O)c1ccc(-c2c(C#N)c3cc(F)ccc3n2C2CCC2)nc1. The maximum Gasteiger partial charge on any atom is 0.242 e. The zero-order valence-corrected chi connectivity index (χ0v) is 17.9. The van der Waals surface area contributed by atoms with Gasteiger partial charge >= 0.3 is 0 Å². The van der Waals surface area contributed by atoms with E-state index in [0.717, 1.165) is 24.8 Å². The zero-order chi connectivity index (χ0) is 21.7. The Bertz CT molecular complexity index is 1260. The molecule has 1 aliphatic rings. The summed E-state index contributed by atoms with van der Waals surface area (Å²) in [6, 6.07) is 9.97. The molecule has 8 heteroatoms. The molecule has 0 amide bonds. The van der Waals surface area contributed by atoms with Gasteiger partial charge in [0, 0.05) is 23.2 Å². The van der Waals surface area contributed by atoms with Gasteiger partial charge in [0.2, 0.25) is 10.0 Å². The van der Waals surface area contributed by atoms with Crippen molar-refractivity contribution in [3.63, 3.8) is 0 Å². The van der Waals surface area contributed by atoms with Crippen molar-refractivity contribution in [2.75, 3.05) is 0 Å². The molecule has 0 aliphatic heterocycles. The molecule has 2 heterocycles. The second kappa shape index (κ2) is 7.18. The highest BCUT2D eigenvalue weighted by Gasteiger charge is 2.29. The molecule has 1 saturated carbocycles. The number of rotatable bonds is 4. The van der Waals surface area contributed by atoms with Crippen molar-refractivity contribution in [2.24, 2.45) is 0 Å². The van der Waals surface area contributed by atoms with E-state index in [1.165, 1.54) is 24.4 Å². The molecular formula is C22H23FN4O2S. The van der Waals surface area contributed by atoms with Gasteiger partial charge < -0.3 is 4.57 Å². The number of hydrogen-bond acceptors (Lipinski definition) is 4. The van der Waals surface area contributed by atoms with Gasteiger partial charge in [-0.25, -0.2) is 17.5 Å². The van der Waals surface area contributed by atoms with Crippen LogP contribution in [0.4, 0.5) is 4.39 Å². The summed E-state index contributed by atoms with van der Waals surface area (Å²) in [7, 11) is -3.72. The molecule has 0 spiro atoms. The van der Waals surface area contributed by atoms with Crippen molar-refractivity contribution in [1.29, 1.82) is 5.26 Å². The van der Waals surface area contributed by atoms with Crippen LogP contribution < -0.4 is 4.72 Å². The third kappa shape index (κ3) is 3.59. The zero-order valence-electron chi connectivity index (χ0n) is 17.1. The van der Waals surface area contributed by atoms with Crippen LogP contribution >= 0.6 is 0 Å². The lowest BCUT2D eigenvalue weighted by molar-refractivity contribution is 0.324. The Morgan fingerprint density at radius 1 is 1.23 bits per heavy atom. The fraction of sp³-hybridized carbons (Fsp3) is 0.364. The lowest BCUT2D eigenvalue weighted by Gasteiger charge is -2.30. The first-order valence-corrected chi connectivity index (χ1v) is 11.3. The van der Waals surface area contributed by atoms with E-state index < -0.39 is 21.4 Å². The Labute approximate surface area is 175 Å². The van der Waals surface area contributed by atoms with E-state index in [0.29, 0.717) is 22.3 Å². The summed E-state index contributed by atoms with van der Waals surface area (Å²) in [6.07, 6.45) is 4.34. The Balaban J connectivity index is 1.87. The van der Waals surface area contributed by atoms with Crippen LogP contribution in [0.3, 0.4) is 0 Å². The maximum atomic E-state index is 13.9. The van der Waals surface area contributed by atoms with Crippen molar-refractivity contribution < 1.29 is 12.8 Å². The Morgan fingerprint density at radius 2 is 1.97 bits per heavy atom. The van der Waals surface area contributed by atoms with Crippen LogP contribution in [0, 0.1) is 17.1 Å². The number of hydrogen-bond donors (Lipinski definition) is 1. The predicted octanol–water partition coefficient (Wildman–Crippen LogP) is 4.52. The van der Waals surface area contributed by atoms with Crippen LogP contribution in [-0.4, -0.2) is 23.5 Å². The third-order valence-electron chi connectivity index (χ3n) is 5.25. The van der Waals surface area contributed by atoms with E-state index in [2.05, 4.69) is 20.3 Å². The van der Waals surface area contributed by atoms with Crippen LogP contribution in [0.15, 0.2) is 41.4 Å². The highest BCUT2D eigenvalue weighted by Crippen LogP contribution is 2.42. The number of pyridine rings is 1. The molecule has 0 saturated heterocycles. The molecule has 1 fully saturated rings. The van der Waals surface area contributed by atoms with Gasteiger partial charge in [-0.05, 0) is 70.4 Å². The van der Waals surface area contributed by atoms with Crippen molar-refractivity contribution >= 4 is 20.9 Å². The van der Waals surface area contributed by atoms with E-state index in [9.17, 15) is 18.1 Å². The Morgan fingerprint density at radius 3 is 2.50 bits per heavy atom. The average molecular weight is 427 g/mol. The van der Waals surface area contributed by atoms with Gasteiger partial charge in [0.15, 0.2) is 0 Å². The maximum absolute atomic E-state index is 13.9. The minimum atomic E-state index is -3.72. The van der Waals surface area contributed by atoms with Crippen molar-refractivity contribution in [1.82, 2.24) is 14.3 Å². The first kappa shape index (κ1) is 20.5. The largest absolute Gasteiger partial charge is 0.335 e. The number of nitrogens with one attached hydrogen (secondary N) is 1. The lowest BCUT2D eigenvalue weighted by Crippen LogP contribution is -2.40. The second-order valence-electron chi connectivity index (χ2n) is 8.69. The van der Waals surface area contributed by atoms with Crippen molar-refractivity contribution in [3.8, 4) is 17.5 Å². The minimum absolute atomic E-state index is 0.0528. The van der Waals surface area contributed by atoms with Gasteiger partial charge in [0.25, 0.3) is 0 Å². The summed E-state index contributed by atoms with van der Waals surface area (Å²) in [5.74, 6) is -0.404. The predicted molar refractivity (Wildman–Crippen MR) is 113 cm³/mol. The Hall–Kier alpha value is -2.76. The summed E-state index contributed by atoms with van der Waals surface area (Å²) >= 11 is 0. The summed E-state index contributed by atoms with van der Waals surface area (Å²) in [5.41, 5.74) is 1.62. The van der Waals surface area contributed by atoms with Gasteiger partial charge in [0.1, 0.15) is 16.8 Å². The van der Waals surface area contributed by atoms with Gasteiger partial charge in [-0.3, -0.25) is 4.98 Å². The van der Waals surface area contributed by atoms with E-state index in [-0.39, 0.29) is 10.9 Å². The molecule has 1 aromatic carbocycles. The highest BCUT2D eigenvalue weighted by atomic mass is 32.2. The molecule has 6 nitrogen and oxygen atoms in total. The van der Waals surface area contributed by atoms with Crippen LogP contribution in [0.2, 0.25) is 0 Å². The molecule has 1 N–H and O–H groups in total. The number of halogens is 1. The topological polar surface area (TPSA) is 87.8 Å². The first-order chi connectivity index (χ1) is 14.1. The minimum Gasteiger partial charge on any atom is -0.335 e. The fourth-order valence-electron chi connectivity index (χ4n) is 3.82. The normalized spacial score (nSPS) is 15.2. The van der Waals surface area contributed by atoms with Gasteiger partial charge in [-0.1, -0.05) is 0 Å². The molecule has 2 aromatic heterocycles.